The van der Waals surface area contributed by atoms with E-state index < -0.39 is 30.1 Å². The first kappa shape index (κ1) is 32.2. The Labute approximate surface area is 268 Å². The zero-order chi connectivity index (χ0) is 33.0. The summed E-state index contributed by atoms with van der Waals surface area (Å²) in [5.74, 6) is -0.931. The van der Waals surface area contributed by atoms with Crippen LogP contribution < -0.4 is 16.0 Å². The van der Waals surface area contributed by atoms with Gasteiger partial charge in [-0.25, -0.2) is 4.79 Å². The molecule has 11 heteroatoms. The lowest BCUT2D eigenvalue weighted by atomic mass is 10.0. The van der Waals surface area contributed by atoms with Crippen LogP contribution in [0.3, 0.4) is 0 Å². The number of nitrogens with one attached hydrogen (secondary N) is 4. The van der Waals surface area contributed by atoms with E-state index in [1.165, 1.54) is 0 Å². The highest BCUT2D eigenvalue weighted by molar-refractivity contribution is 6.00. The normalized spacial score (nSPS) is 16.0. The molecule has 1 fully saturated rings. The van der Waals surface area contributed by atoms with Crippen LogP contribution in [0.15, 0.2) is 78.9 Å². The first-order valence-electron chi connectivity index (χ1n) is 15.4. The average Bonchev–Trinajstić information content (AvgIpc) is 3.68. The Balaban J connectivity index is 1.26. The molecule has 1 saturated heterocycles. The van der Waals surface area contributed by atoms with Gasteiger partial charge in [-0.15, -0.1) is 0 Å². The number of benzene rings is 3. The molecule has 5 rings (SSSR count). The molecule has 2 heterocycles. The van der Waals surface area contributed by atoms with Crippen LogP contribution in [0, 0.1) is 5.92 Å². The van der Waals surface area contributed by atoms with Crippen LogP contribution >= 0.6 is 0 Å². The lowest BCUT2D eigenvalue weighted by Crippen LogP contribution is -2.47. The molecule has 3 atom stereocenters. The van der Waals surface area contributed by atoms with Crippen molar-refractivity contribution in [3.63, 3.8) is 0 Å². The Kier molecular flexibility index (Phi) is 9.72. The summed E-state index contributed by atoms with van der Waals surface area (Å²) in [6.45, 7) is 4.08. The molecule has 0 radical (unpaired) electrons. The summed E-state index contributed by atoms with van der Waals surface area (Å²) in [5.41, 5.74) is 4.71. The molecule has 4 amide bonds. The van der Waals surface area contributed by atoms with Crippen LogP contribution in [0.2, 0.25) is 0 Å². The zero-order valence-electron chi connectivity index (χ0n) is 26.4. The molecule has 5 N–H and O–H groups in total. The van der Waals surface area contributed by atoms with E-state index in [2.05, 4.69) is 20.9 Å². The van der Waals surface area contributed by atoms with E-state index in [0.29, 0.717) is 24.3 Å². The van der Waals surface area contributed by atoms with Crippen LogP contribution in [-0.2, 0) is 14.4 Å². The number of carbonyl (C=O) groups excluding carboxylic acids is 3. The SMILES string of the molecule is CC(C)[C@@H](NC(=O)O)C(=O)Nc1ccc(-c2cc3cc(NC(=O)[C@H]4CCCN4C(=O)[C@@H](c4ccccc4)N(C)C)ccc3[nH]2)cc1. The number of hydrogen-bond donors (Lipinski definition) is 5. The lowest BCUT2D eigenvalue weighted by Gasteiger charge is -2.31. The number of anilines is 2. The van der Waals surface area contributed by atoms with E-state index in [9.17, 15) is 19.2 Å². The van der Waals surface area contributed by atoms with Crippen LogP contribution in [0.4, 0.5) is 16.2 Å². The Hall–Kier alpha value is -5.16. The summed E-state index contributed by atoms with van der Waals surface area (Å²) >= 11 is 0. The van der Waals surface area contributed by atoms with E-state index in [1.807, 2.05) is 85.7 Å². The van der Waals surface area contributed by atoms with Gasteiger partial charge in [-0.2, -0.15) is 0 Å². The van der Waals surface area contributed by atoms with Crippen molar-refractivity contribution in [1.29, 1.82) is 0 Å². The van der Waals surface area contributed by atoms with Gasteiger partial charge in [0.05, 0.1) is 0 Å². The fourth-order valence-corrected chi connectivity index (χ4v) is 5.97. The Bertz CT molecular complexity index is 1720. The number of carboxylic acid groups (broad SMARTS) is 1. The Morgan fingerprint density at radius 1 is 0.913 bits per heavy atom. The number of rotatable bonds is 10. The van der Waals surface area contributed by atoms with E-state index >= 15 is 0 Å². The van der Waals surface area contributed by atoms with Gasteiger partial charge in [-0.1, -0.05) is 56.3 Å². The summed E-state index contributed by atoms with van der Waals surface area (Å²) in [6.07, 6.45) is 0.116. The predicted molar refractivity (Wildman–Crippen MR) is 178 cm³/mol. The number of likely N-dealkylation sites (N-methyl/N-ethyl adjacent to an activating group) is 1. The zero-order valence-corrected chi connectivity index (χ0v) is 26.4. The highest BCUT2D eigenvalue weighted by atomic mass is 16.4. The molecule has 3 aromatic carbocycles. The number of H-pyrrole nitrogens is 1. The maximum atomic E-state index is 13.7. The molecule has 0 unspecified atom stereocenters. The number of amides is 4. The molecular weight excluding hydrogens is 584 g/mol. The highest BCUT2D eigenvalue weighted by Crippen LogP contribution is 2.30. The molecule has 240 valence electrons. The predicted octanol–water partition coefficient (Wildman–Crippen LogP) is 5.30. The van der Waals surface area contributed by atoms with E-state index in [-0.39, 0.29) is 17.7 Å². The van der Waals surface area contributed by atoms with Gasteiger partial charge in [0.25, 0.3) is 0 Å². The fraction of sp³-hybridized carbons (Fsp3) is 0.314. The second-order valence-corrected chi connectivity index (χ2v) is 12.2. The largest absolute Gasteiger partial charge is 0.465 e. The first-order valence-corrected chi connectivity index (χ1v) is 15.4. The maximum Gasteiger partial charge on any atom is 0.405 e. The van der Waals surface area contributed by atoms with Crippen molar-refractivity contribution in [1.82, 2.24) is 20.1 Å². The molecule has 0 bridgehead atoms. The molecule has 4 aromatic rings. The molecule has 46 heavy (non-hydrogen) atoms. The highest BCUT2D eigenvalue weighted by Gasteiger charge is 2.38. The van der Waals surface area contributed by atoms with Crippen molar-refractivity contribution in [2.75, 3.05) is 31.3 Å². The van der Waals surface area contributed by atoms with Gasteiger partial charge in [0.15, 0.2) is 0 Å². The summed E-state index contributed by atoms with van der Waals surface area (Å²) in [7, 11) is 3.75. The minimum absolute atomic E-state index is 0.0816. The fourth-order valence-electron chi connectivity index (χ4n) is 5.97. The molecule has 1 aliphatic rings. The quantitative estimate of drug-likeness (QED) is 0.162. The second-order valence-electron chi connectivity index (χ2n) is 12.2. The third kappa shape index (κ3) is 7.21. The van der Waals surface area contributed by atoms with E-state index in [0.717, 1.165) is 34.1 Å². The van der Waals surface area contributed by atoms with Gasteiger partial charge < -0.3 is 30.9 Å². The van der Waals surface area contributed by atoms with Gasteiger partial charge in [-0.05, 0) is 80.4 Å². The number of aromatic amines is 1. The van der Waals surface area contributed by atoms with Crippen LogP contribution in [0.5, 0.6) is 0 Å². The third-order valence-corrected chi connectivity index (χ3v) is 8.28. The minimum Gasteiger partial charge on any atom is -0.465 e. The number of hydrogen-bond acceptors (Lipinski definition) is 5. The molecular formula is C35H40N6O5. The number of carbonyl (C=O) groups is 4. The van der Waals surface area contributed by atoms with Crippen molar-refractivity contribution < 1.29 is 24.3 Å². The van der Waals surface area contributed by atoms with Gasteiger partial charge in [0, 0.05) is 34.5 Å². The molecule has 0 aliphatic carbocycles. The van der Waals surface area contributed by atoms with Crippen molar-refractivity contribution >= 4 is 46.1 Å². The van der Waals surface area contributed by atoms with Crippen LogP contribution in [-0.4, -0.2) is 76.4 Å². The van der Waals surface area contributed by atoms with Crippen molar-refractivity contribution in [2.24, 2.45) is 5.92 Å². The average molecular weight is 625 g/mol. The van der Waals surface area contributed by atoms with Crippen molar-refractivity contribution in [3.05, 3.63) is 84.4 Å². The lowest BCUT2D eigenvalue weighted by molar-refractivity contribution is -0.140. The smallest absolute Gasteiger partial charge is 0.405 e. The molecule has 0 saturated carbocycles. The number of likely N-dealkylation sites (tertiary alicyclic amines) is 1. The van der Waals surface area contributed by atoms with E-state index in [4.69, 9.17) is 5.11 Å². The second kappa shape index (κ2) is 13.9. The molecule has 0 spiro atoms. The number of aromatic nitrogens is 1. The van der Waals surface area contributed by atoms with Crippen LogP contribution in [0.25, 0.3) is 22.2 Å². The summed E-state index contributed by atoms with van der Waals surface area (Å²) in [4.78, 5) is 57.8. The van der Waals surface area contributed by atoms with Crippen molar-refractivity contribution in [3.8, 4) is 11.3 Å². The number of fused-ring (bicyclic) bond motifs is 1. The molecule has 11 nitrogen and oxygen atoms in total. The van der Waals surface area contributed by atoms with E-state index in [1.54, 1.807) is 30.9 Å². The maximum absolute atomic E-state index is 13.7. The number of nitrogens with zero attached hydrogens (tertiary/aromatic N) is 2. The van der Waals surface area contributed by atoms with Gasteiger partial charge in [0.1, 0.15) is 18.1 Å². The van der Waals surface area contributed by atoms with Crippen LogP contribution in [0.1, 0.15) is 38.3 Å². The first-order chi connectivity index (χ1) is 22.0. The minimum atomic E-state index is -1.25. The summed E-state index contributed by atoms with van der Waals surface area (Å²) < 4.78 is 0. The summed E-state index contributed by atoms with van der Waals surface area (Å²) in [5, 5.41) is 18.0. The summed E-state index contributed by atoms with van der Waals surface area (Å²) in [6, 6.07) is 22.6. The molecule has 1 aliphatic heterocycles. The topological polar surface area (TPSA) is 147 Å². The van der Waals surface area contributed by atoms with Gasteiger partial charge in [0.2, 0.25) is 17.7 Å². The Morgan fingerprint density at radius 3 is 2.26 bits per heavy atom. The third-order valence-electron chi connectivity index (χ3n) is 8.28. The van der Waals surface area contributed by atoms with Gasteiger partial charge in [-0.3, -0.25) is 19.3 Å². The van der Waals surface area contributed by atoms with Crippen molar-refractivity contribution in [2.45, 2.75) is 44.8 Å². The molecule has 1 aromatic heterocycles. The standard InChI is InChI=1S/C35H40N6O5/c1-21(2)30(39-35(45)46)33(43)36-25-14-12-22(13-15-25)28-20-24-19-26(16-17-27(24)38-28)37-32(42)29-11-8-18-41(29)34(44)31(40(3)4)23-9-6-5-7-10-23/h5-7,9-10,12-17,19-21,29-31,38-39H,8,11,18H2,1-4H3,(H,36,43)(H,37,42)(H,45,46)/t29-,30-,31-/m1/s1. The Morgan fingerprint density at radius 2 is 1.61 bits per heavy atom. The van der Waals surface area contributed by atoms with Gasteiger partial charge >= 0.3 is 6.09 Å². The monoisotopic (exact) mass is 624 g/mol.